The predicted octanol–water partition coefficient (Wildman–Crippen LogP) is 4.00. The lowest BCUT2D eigenvalue weighted by atomic mass is 9.80. The van der Waals surface area contributed by atoms with Gasteiger partial charge in [0.05, 0.1) is 46.1 Å². The minimum Gasteiger partial charge on any atom is -0.492 e. The summed E-state index contributed by atoms with van der Waals surface area (Å²) in [5.41, 5.74) is 1.00. The van der Waals surface area contributed by atoms with E-state index in [1.807, 2.05) is 6.92 Å². The minimum atomic E-state index is -0.715. The van der Waals surface area contributed by atoms with Crippen LogP contribution in [0.25, 0.3) is 0 Å². The maximum atomic E-state index is 12.9. The molecule has 8 nitrogen and oxygen atoms in total. The van der Waals surface area contributed by atoms with Gasteiger partial charge < -0.3 is 14.8 Å². The Morgan fingerprint density at radius 2 is 1.57 bits per heavy atom. The van der Waals surface area contributed by atoms with Gasteiger partial charge in [-0.2, -0.15) is 0 Å². The van der Waals surface area contributed by atoms with Crippen LogP contribution >= 0.6 is 23.2 Å². The maximum absolute atomic E-state index is 12.9. The fraction of sp³-hybridized carbons (Fsp3) is 0.360. The van der Waals surface area contributed by atoms with Crippen LogP contribution in [0.5, 0.6) is 5.75 Å². The van der Waals surface area contributed by atoms with Crippen LogP contribution < -0.4 is 15.0 Å². The zero-order valence-corrected chi connectivity index (χ0v) is 20.4. The molecule has 1 saturated carbocycles. The summed E-state index contributed by atoms with van der Waals surface area (Å²) in [4.78, 5) is 51.5. The van der Waals surface area contributed by atoms with Gasteiger partial charge >= 0.3 is 5.97 Å². The van der Waals surface area contributed by atoms with Gasteiger partial charge in [0.25, 0.3) is 5.91 Å². The van der Waals surface area contributed by atoms with Crippen molar-refractivity contribution >= 4 is 58.3 Å². The van der Waals surface area contributed by atoms with E-state index < -0.39 is 30.3 Å². The second kappa shape index (κ2) is 10.7. The molecule has 4 rings (SSSR count). The number of para-hydroxylation sites is 2. The van der Waals surface area contributed by atoms with Gasteiger partial charge in [-0.3, -0.25) is 19.3 Å². The average Bonchev–Trinajstić information content (AvgIpc) is 3.08. The molecule has 0 bridgehead atoms. The summed E-state index contributed by atoms with van der Waals surface area (Å²) in [5, 5.41) is 1.92. The molecule has 184 valence electrons. The van der Waals surface area contributed by atoms with Crippen LogP contribution in [0.4, 0.5) is 11.4 Å². The number of ether oxygens (including phenoxy) is 2. The number of fused-ring (bicyclic) bond motifs is 1. The summed E-state index contributed by atoms with van der Waals surface area (Å²) >= 11 is 12.4. The summed E-state index contributed by atoms with van der Waals surface area (Å²) in [6.45, 7) is 1.78. The van der Waals surface area contributed by atoms with Crippen molar-refractivity contribution in [1.29, 1.82) is 0 Å². The molecule has 1 saturated heterocycles. The molecule has 1 N–H and O–H groups in total. The van der Waals surface area contributed by atoms with Gasteiger partial charge in [-0.05, 0) is 56.2 Å². The zero-order chi connectivity index (χ0) is 25.1. The number of imide groups is 1. The van der Waals surface area contributed by atoms with Crippen molar-refractivity contribution in [1.82, 2.24) is 0 Å². The van der Waals surface area contributed by atoms with Crippen molar-refractivity contribution in [3.8, 4) is 5.75 Å². The van der Waals surface area contributed by atoms with Crippen molar-refractivity contribution < 1.29 is 28.7 Å². The number of anilines is 2. The van der Waals surface area contributed by atoms with Crippen LogP contribution in [0.2, 0.25) is 0 Å². The number of esters is 1. The van der Waals surface area contributed by atoms with Gasteiger partial charge in [0, 0.05) is 0 Å². The number of nitrogens with zero attached hydrogens (tertiary/aromatic N) is 1. The fourth-order valence-corrected chi connectivity index (χ4v) is 4.94. The number of carbonyl (C=O) groups is 4. The molecule has 0 unspecified atom stereocenters. The third kappa shape index (κ3) is 5.28. The number of rotatable bonds is 7. The Labute approximate surface area is 212 Å². The molecule has 4 atom stereocenters. The van der Waals surface area contributed by atoms with Gasteiger partial charge in [-0.15, -0.1) is 23.2 Å². The van der Waals surface area contributed by atoms with Crippen molar-refractivity contribution in [2.75, 3.05) is 23.4 Å². The number of nitrogens with one attached hydrogen (secondary N) is 1. The number of hydrogen-bond donors (Lipinski definition) is 1. The highest BCUT2D eigenvalue weighted by atomic mass is 35.5. The SMILES string of the molecule is CCOc1ccccc1NC(=O)COC(=O)c1ccc(N2C(=O)[C@@H]3C[C@H](Cl)[C@@H](Cl)C[C@H]3C2=O)cc1. The van der Waals surface area contributed by atoms with Crippen LogP contribution in [0.15, 0.2) is 48.5 Å². The molecule has 0 spiro atoms. The third-order valence-corrected chi connectivity index (χ3v) is 7.16. The molecule has 2 aromatic rings. The topological polar surface area (TPSA) is 102 Å². The summed E-state index contributed by atoms with van der Waals surface area (Å²) < 4.78 is 10.6. The van der Waals surface area contributed by atoms with E-state index >= 15 is 0 Å². The van der Waals surface area contributed by atoms with Crippen LogP contribution in [0.3, 0.4) is 0 Å². The van der Waals surface area contributed by atoms with Gasteiger partial charge in [0.2, 0.25) is 11.8 Å². The molecule has 0 aromatic heterocycles. The largest absolute Gasteiger partial charge is 0.492 e. The summed E-state index contributed by atoms with van der Waals surface area (Å²) in [6.07, 6.45) is 0.700. The Kier molecular flexibility index (Phi) is 7.62. The number of alkyl halides is 2. The van der Waals surface area contributed by atoms with E-state index in [1.165, 1.54) is 24.3 Å². The highest BCUT2D eigenvalue weighted by molar-refractivity contribution is 6.31. The predicted molar refractivity (Wildman–Crippen MR) is 131 cm³/mol. The number of carbonyl (C=O) groups excluding carboxylic acids is 4. The molecule has 0 radical (unpaired) electrons. The lowest BCUT2D eigenvalue weighted by Gasteiger charge is -2.28. The Bertz CT molecular complexity index is 1110. The van der Waals surface area contributed by atoms with Crippen LogP contribution in [-0.4, -0.2) is 47.7 Å². The molecular formula is C25H24Cl2N2O6. The normalized spacial score (nSPS) is 23.6. The Morgan fingerprint density at radius 3 is 2.17 bits per heavy atom. The lowest BCUT2D eigenvalue weighted by Crippen LogP contribution is -2.34. The van der Waals surface area contributed by atoms with E-state index in [0.29, 0.717) is 36.6 Å². The van der Waals surface area contributed by atoms with E-state index in [1.54, 1.807) is 24.3 Å². The van der Waals surface area contributed by atoms with Crippen molar-refractivity contribution in [2.45, 2.75) is 30.5 Å². The first kappa shape index (κ1) is 25.0. The smallest absolute Gasteiger partial charge is 0.338 e. The molecule has 2 aliphatic rings. The lowest BCUT2D eigenvalue weighted by molar-refractivity contribution is -0.122. The number of halogens is 2. The number of hydrogen-bond acceptors (Lipinski definition) is 6. The fourth-order valence-electron chi connectivity index (χ4n) is 4.35. The first-order valence-corrected chi connectivity index (χ1v) is 12.1. The highest BCUT2D eigenvalue weighted by Gasteiger charge is 2.52. The summed E-state index contributed by atoms with van der Waals surface area (Å²) in [7, 11) is 0. The van der Waals surface area contributed by atoms with E-state index in [4.69, 9.17) is 32.7 Å². The quantitative estimate of drug-likeness (QED) is 0.337. The Morgan fingerprint density at radius 1 is 0.971 bits per heavy atom. The first-order chi connectivity index (χ1) is 16.8. The maximum Gasteiger partial charge on any atom is 0.338 e. The van der Waals surface area contributed by atoms with Gasteiger partial charge in [0.15, 0.2) is 6.61 Å². The van der Waals surface area contributed by atoms with Crippen molar-refractivity contribution in [2.24, 2.45) is 11.8 Å². The molecule has 3 amide bonds. The number of amides is 3. The third-order valence-electron chi connectivity index (χ3n) is 6.07. The Hall–Kier alpha value is -3.10. The van der Waals surface area contributed by atoms with Crippen LogP contribution in [-0.2, 0) is 19.1 Å². The van der Waals surface area contributed by atoms with Gasteiger partial charge in [-0.25, -0.2) is 4.79 Å². The standard InChI is InChI=1S/C25H24Cl2N2O6/c1-2-34-21-6-4-3-5-20(21)28-22(30)13-35-25(33)14-7-9-15(10-8-14)29-23(31)16-11-18(26)19(27)12-17(16)24(29)32/h3-10,16-19H,2,11-13H2,1H3,(H,28,30)/t16-,17-,18+,19+/m1/s1. The summed E-state index contributed by atoms with van der Waals surface area (Å²) in [6, 6.07) is 12.8. The van der Waals surface area contributed by atoms with Gasteiger partial charge in [-0.1, -0.05) is 12.1 Å². The Balaban J connectivity index is 1.36. The van der Waals surface area contributed by atoms with Crippen LogP contribution in [0, 0.1) is 11.8 Å². The molecule has 1 aliphatic carbocycles. The van der Waals surface area contributed by atoms with E-state index in [-0.39, 0.29) is 28.1 Å². The minimum absolute atomic E-state index is 0.175. The second-order valence-corrected chi connectivity index (χ2v) is 9.45. The number of benzene rings is 2. The van der Waals surface area contributed by atoms with E-state index in [0.717, 1.165) is 4.90 Å². The second-order valence-electron chi connectivity index (χ2n) is 8.33. The molecule has 2 aromatic carbocycles. The molecule has 2 fully saturated rings. The van der Waals surface area contributed by atoms with Crippen molar-refractivity contribution in [3.05, 3.63) is 54.1 Å². The molecule has 35 heavy (non-hydrogen) atoms. The monoisotopic (exact) mass is 518 g/mol. The van der Waals surface area contributed by atoms with Gasteiger partial charge in [0.1, 0.15) is 5.75 Å². The average molecular weight is 519 g/mol. The summed E-state index contributed by atoms with van der Waals surface area (Å²) in [5.74, 6) is -2.32. The van der Waals surface area contributed by atoms with Crippen LogP contribution in [0.1, 0.15) is 30.1 Å². The molecule has 1 aliphatic heterocycles. The first-order valence-electron chi connectivity index (χ1n) is 11.2. The zero-order valence-electron chi connectivity index (χ0n) is 18.9. The van der Waals surface area contributed by atoms with E-state index in [2.05, 4.69) is 5.32 Å². The molecule has 1 heterocycles. The molecular weight excluding hydrogens is 495 g/mol. The highest BCUT2D eigenvalue weighted by Crippen LogP contribution is 2.43. The van der Waals surface area contributed by atoms with Crippen molar-refractivity contribution in [3.63, 3.8) is 0 Å². The van der Waals surface area contributed by atoms with E-state index in [9.17, 15) is 19.2 Å². The molecule has 10 heteroatoms.